The molecule has 0 unspecified atom stereocenters. The first-order valence-corrected chi connectivity index (χ1v) is 14.1. The fraction of sp³-hybridized carbons (Fsp3) is 0.480. The number of alkyl halides is 3. The third-order valence-corrected chi connectivity index (χ3v) is 9.43. The highest BCUT2D eigenvalue weighted by Crippen LogP contribution is 2.32. The summed E-state index contributed by atoms with van der Waals surface area (Å²) in [7, 11) is -3.48. The molecule has 200 valence electrons. The molecule has 3 aromatic rings. The lowest BCUT2D eigenvalue weighted by Crippen LogP contribution is -2.39. The van der Waals surface area contributed by atoms with Gasteiger partial charge in [0.1, 0.15) is 6.54 Å². The zero-order chi connectivity index (χ0) is 26.4. The van der Waals surface area contributed by atoms with Gasteiger partial charge in [-0.2, -0.15) is 17.5 Å². The van der Waals surface area contributed by atoms with Crippen LogP contribution in [-0.2, 0) is 23.1 Å². The monoisotopic (exact) mass is 556 g/mol. The van der Waals surface area contributed by atoms with Gasteiger partial charge in [0, 0.05) is 37.2 Å². The van der Waals surface area contributed by atoms with Gasteiger partial charge in [-0.05, 0) is 68.1 Å². The van der Waals surface area contributed by atoms with Crippen molar-refractivity contribution in [3.05, 3.63) is 63.5 Å². The maximum absolute atomic E-state index is 13.1. The molecule has 12 heteroatoms. The summed E-state index contributed by atoms with van der Waals surface area (Å²) in [5.74, 6) is 0. The summed E-state index contributed by atoms with van der Waals surface area (Å²) in [6.07, 6.45) is -1.62. The second kappa shape index (κ2) is 10.1. The van der Waals surface area contributed by atoms with Crippen molar-refractivity contribution in [1.82, 2.24) is 18.3 Å². The Morgan fingerprint density at radius 1 is 0.973 bits per heavy atom. The number of halogens is 4. The van der Waals surface area contributed by atoms with Gasteiger partial charge in [0.05, 0.1) is 15.9 Å². The summed E-state index contributed by atoms with van der Waals surface area (Å²) >= 11 is 6.01. The molecule has 2 aliphatic rings. The van der Waals surface area contributed by atoms with Crippen LogP contribution in [0.4, 0.5) is 13.2 Å². The Kier molecular flexibility index (Phi) is 7.16. The lowest BCUT2D eigenvalue weighted by atomic mass is 10.0. The number of unbranched alkanes of at least 4 members (excludes halogenated alkanes) is 1. The van der Waals surface area contributed by atoms with Crippen molar-refractivity contribution in [2.75, 3.05) is 26.2 Å². The Morgan fingerprint density at radius 2 is 1.65 bits per heavy atom. The molecule has 0 radical (unpaired) electrons. The number of fused-ring (bicyclic) bond motifs is 2. The maximum Gasteiger partial charge on any atom is 0.406 e. The van der Waals surface area contributed by atoms with Gasteiger partial charge in [0.25, 0.3) is 0 Å². The minimum absolute atomic E-state index is 0.164. The maximum atomic E-state index is 13.1. The molecule has 37 heavy (non-hydrogen) atoms. The van der Waals surface area contributed by atoms with E-state index in [2.05, 4.69) is 4.90 Å². The summed E-state index contributed by atoms with van der Waals surface area (Å²) in [5, 5.41) is 0.520. The van der Waals surface area contributed by atoms with Crippen molar-refractivity contribution in [3.63, 3.8) is 0 Å². The Morgan fingerprint density at radius 3 is 2.35 bits per heavy atom. The van der Waals surface area contributed by atoms with Crippen LogP contribution in [0.25, 0.3) is 11.0 Å². The average molecular weight is 557 g/mol. The highest BCUT2D eigenvalue weighted by atomic mass is 35.5. The molecule has 0 bridgehead atoms. The molecule has 5 rings (SSSR count). The van der Waals surface area contributed by atoms with Crippen LogP contribution in [0.3, 0.4) is 0 Å². The van der Waals surface area contributed by atoms with Gasteiger partial charge in [0.2, 0.25) is 10.0 Å². The number of hydrogen-bond donors (Lipinski definition) is 0. The number of hydrogen-bond acceptors (Lipinski definition) is 4. The van der Waals surface area contributed by atoms with E-state index in [1.165, 1.54) is 8.87 Å². The van der Waals surface area contributed by atoms with E-state index in [0.29, 0.717) is 53.3 Å². The first-order chi connectivity index (χ1) is 17.5. The molecule has 7 nitrogen and oxygen atoms in total. The first-order valence-electron chi connectivity index (χ1n) is 12.3. The molecule has 0 amide bonds. The van der Waals surface area contributed by atoms with Crippen molar-refractivity contribution in [1.29, 1.82) is 0 Å². The second-order valence-corrected chi connectivity index (χ2v) is 12.1. The largest absolute Gasteiger partial charge is 0.406 e. The summed E-state index contributed by atoms with van der Waals surface area (Å²) in [6, 6.07) is 11.3. The van der Waals surface area contributed by atoms with Crippen molar-refractivity contribution in [2.45, 2.75) is 55.9 Å². The van der Waals surface area contributed by atoms with E-state index in [1.807, 2.05) is 0 Å². The van der Waals surface area contributed by atoms with Crippen LogP contribution in [0.1, 0.15) is 37.3 Å². The summed E-state index contributed by atoms with van der Waals surface area (Å²) in [4.78, 5) is 15.6. The van der Waals surface area contributed by atoms with E-state index in [1.54, 1.807) is 42.5 Å². The van der Waals surface area contributed by atoms with Gasteiger partial charge < -0.3 is 4.90 Å². The average Bonchev–Trinajstić information content (AvgIpc) is 3.25. The van der Waals surface area contributed by atoms with Crippen molar-refractivity contribution in [2.24, 2.45) is 0 Å². The molecule has 0 N–H and O–H groups in total. The van der Waals surface area contributed by atoms with Crippen LogP contribution in [0.5, 0.6) is 0 Å². The van der Waals surface area contributed by atoms with Crippen LogP contribution in [0.2, 0.25) is 5.02 Å². The number of para-hydroxylation sites is 2. The van der Waals surface area contributed by atoms with Gasteiger partial charge in [-0.3, -0.25) is 9.13 Å². The number of piperidine rings is 1. The Hall–Kier alpha value is -2.34. The summed E-state index contributed by atoms with van der Waals surface area (Å²) < 4.78 is 68.6. The molecule has 2 aliphatic heterocycles. The molecule has 3 heterocycles. The topological polar surface area (TPSA) is 67.6 Å². The molecule has 1 aromatic heterocycles. The molecule has 0 saturated carbocycles. The number of rotatable bonds is 7. The SMILES string of the molecule is O=c1n(CC(F)(F)F)c2ccccc2n1C1CCN(CCCCN2Cc3cc(Cl)ccc3S2(=O)=O)CC1. The number of aromatic nitrogens is 2. The first kappa shape index (κ1) is 26.3. The zero-order valence-corrected chi connectivity index (χ0v) is 21.7. The predicted molar refractivity (Wildman–Crippen MR) is 135 cm³/mol. The molecule has 0 spiro atoms. The van der Waals surface area contributed by atoms with Gasteiger partial charge in [-0.25, -0.2) is 13.2 Å². The highest BCUT2D eigenvalue weighted by molar-refractivity contribution is 7.89. The van der Waals surface area contributed by atoms with Gasteiger partial charge in [0.15, 0.2) is 0 Å². The smallest absolute Gasteiger partial charge is 0.303 e. The molecule has 1 fully saturated rings. The lowest BCUT2D eigenvalue weighted by molar-refractivity contribution is -0.140. The molecular formula is C25H28ClF3N4O3S. The fourth-order valence-corrected chi connectivity index (χ4v) is 7.32. The standard InChI is InChI=1S/C25H28ClF3N4O3S/c26-19-7-8-23-18(15-19)16-31(37(23,35)36)12-4-3-11-30-13-9-20(10-14-30)33-22-6-2-1-5-21(22)32(24(33)34)17-25(27,28)29/h1-2,5-8,15,20H,3-4,9-14,16-17H2. The quantitative estimate of drug-likeness (QED) is 0.398. The van der Waals surface area contributed by atoms with Crippen molar-refractivity contribution >= 4 is 32.7 Å². The number of nitrogens with zero attached hydrogens (tertiary/aromatic N) is 4. The van der Waals surface area contributed by atoms with Gasteiger partial charge >= 0.3 is 11.9 Å². The second-order valence-electron chi connectivity index (χ2n) is 9.71. The van der Waals surface area contributed by atoms with E-state index in [0.717, 1.165) is 36.2 Å². The minimum Gasteiger partial charge on any atom is -0.303 e. The van der Waals surface area contributed by atoms with Crippen molar-refractivity contribution < 1.29 is 21.6 Å². The normalized spacial score (nSPS) is 19.0. The number of benzene rings is 2. The molecule has 0 aliphatic carbocycles. The van der Waals surface area contributed by atoms with E-state index in [4.69, 9.17) is 11.6 Å². The van der Waals surface area contributed by atoms with Gasteiger partial charge in [-0.1, -0.05) is 23.7 Å². The third-order valence-electron chi connectivity index (χ3n) is 7.25. The Balaban J connectivity index is 1.16. The molecule has 0 atom stereocenters. The van der Waals surface area contributed by atoms with Crippen LogP contribution >= 0.6 is 11.6 Å². The van der Waals surface area contributed by atoms with E-state index < -0.39 is 28.4 Å². The van der Waals surface area contributed by atoms with E-state index in [9.17, 15) is 26.4 Å². The van der Waals surface area contributed by atoms with E-state index >= 15 is 0 Å². The zero-order valence-electron chi connectivity index (χ0n) is 20.1. The van der Waals surface area contributed by atoms with E-state index in [-0.39, 0.29) is 6.04 Å². The van der Waals surface area contributed by atoms with Crippen LogP contribution in [0, 0.1) is 0 Å². The molecular weight excluding hydrogens is 529 g/mol. The third kappa shape index (κ3) is 5.32. The number of likely N-dealkylation sites (tertiary alicyclic amines) is 1. The van der Waals surface area contributed by atoms with Gasteiger partial charge in [-0.15, -0.1) is 0 Å². The lowest BCUT2D eigenvalue weighted by Gasteiger charge is -2.32. The summed E-state index contributed by atoms with van der Waals surface area (Å²) in [5.41, 5.74) is 0.935. The van der Waals surface area contributed by atoms with Crippen LogP contribution in [0.15, 0.2) is 52.2 Å². The molecule has 2 aromatic carbocycles. The fourth-order valence-electron chi connectivity index (χ4n) is 5.48. The Bertz CT molecular complexity index is 1460. The Labute approximate surface area is 218 Å². The van der Waals surface area contributed by atoms with Crippen LogP contribution in [-0.4, -0.2) is 59.1 Å². The predicted octanol–water partition coefficient (Wildman–Crippen LogP) is 4.64. The van der Waals surface area contributed by atoms with Crippen LogP contribution < -0.4 is 5.69 Å². The highest BCUT2D eigenvalue weighted by Gasteiger charge is 2.34. The minimum atomic E-state index is -4.48. The number of imidazole rings is 1. The molecule has 1 saturated heterocycles. The van der Waals surface area contributed by atoms with Crippen molar-refractivity contribution in [3.8, 4) is 0 Å². The summed E-state index contributed by atoms with van der Waals surface area (Å²) in [6.45, 7) is 1.70. The number of sulfonamides is 1.